The lowest BCUT2D eigenvalue weighted by molar-refractivity contribution is -0.165. The van der Waals surface area contributed by atoms with Crippen LogP contribution in [0.5, 0.6) is 5.75 Å². The summed E-state index contributed by atoms with van der Waals surface area (Å²) in [6.07, 6.45) is 0.872. The highest BCUT2D eigenvalue weighted by Gasteiger charge is 2.38. The zero-order valence-corrected chi connectivity index (χ0v) is 21.0. The van der Waals surface area contributed by atoms with Crippen LogP contribution < -0.4 is 20.4 Å². The second-order valence-electron chi connectivity index (χ2n) is 9.89. The molecule has 0 spiro atoms. The van der Waals surface area contributed by atoms with E-state index in [0.29, 0.717) is 35.5 Å². The number of piperidine rings is 1. The van der Waals surface area contributed by atoms with Gasteiger partial charge < -0.3 is 45.1 Å². The molecule has 14 heteroatoms. The van der Waals surface area contributed by atoms with Crippen LogP contribution in [-0.4, -0.2) is 93.0 Å². The number of anilines is 1. The van der Waals surface area contributed by atoms with E-state index in [0.717, 1.165) is 38.8 Å². The minimum absolute atomic E-state index is 0.0599. The molecule has 2 saturated heterocycles. The summed E-state index contributed by atoms with van der Waals surface area (Å²) in [7, 11) is 1.48. The molecule has 3 fully saturated rings. The molecule has 2 aromatic rings. The van der Waals surface area contributed by atoms with Gasteiger partial charge in [-0.3, -0.25) is 4.79 Å². The summed E-state index contributed by atoms with van der Waals surface area (Å²) in [6.45, 7) is 2.40. The first-order valence-electron chi connectivity index (χ1n) is 12.4. The molecular weight excluding hydrogens is 521 g/mol. The summed E-state index contributed by atoms with van der Waals surface area (Å²) in [5, 5.41) is 45.5. The summed E-state index contributed by atoms with van der Waals surface area (Å²) in [6, 6.07) is 1.62. The Labute approximate surface area is 221 Å². The number of nitrogens with zero attached hydrogens (tertiary/aromatic N) is 2. The van der Waals surface area contributed by atoms with Gasteiger partial charge >= 0.3 is 17.9 Å². The van der Waals surface area contributed by atoms with Gasteiger partial charge in [0.2, 0.25) is 5.43 Å². The van der Waals surface area contributed by atoms with E-state index in [1.165, 1.54) is 19.4 Å². The summed E-state index contributed by atoms with van der Waals surface area (Å²) in [5.74, 6) is -4.60. The molecule has 2 unspecified atom stereocenters. The molecule has 0 radical (unpaired) electrons. The van der Waals surface area contributed by atoms with Crippen LogP contribution >= 0.6 is 0 Å². The summed E-state index contributed by atoms with van der Waals surface area (Å²) < 4.78 is 22.8. The molecule has 212 valence electrons. The maximum absolute atomic E-state index is 15.3. The van der Waals surface area contributed by atoms with Crippen molar-refractivity contribution in [3.05, 3.63) is 33.9 Å². The van der Waals surface area contributed by atoms with E-state index in [-0.39, 0.29) is 17.0 Å². The predicted octanol–water partition coefficient (Wildman–Crippen LogP) is 0.248. The number of methoxy groups -OCH3 is 1. The summed E-state index contributed by atoms with van der Waals surface area (Å²) in [5.41, 5.74) is -0.155. The van der Waals surface area contributed by atoms with Gasteiger partial charge in [-0.1, -0.05) is 0 Å². The number of carboxylic acids is 3. The molecule has 2 aliphatic heterocycles. The van der Waals surface area contributed by atoms with Crippen molar-refractivity contribution >= 4 is 34.5 Å². The molecule has 1 aliphatic carbocycles. The number of fused-ring (bicyclic) bond motifs is 2. The van der Waals surface area contributed by atoms with Crippen molar-refractivity contribution in [1.82, 2.24) is 9.88 Å². The number of aromatic nitrogens is 1. The number of carbonyl (C=O) groups is 3. The molecule has 1 aromatic carbocycles. The maximum atomic E-state index is 15.3. The van der Waals surface area contributed by atoms with E-state index in [4.69, 9.17) is 25.2 Å². The number of benzene rings is 1. The quantitative estimate of drug-likeness (QED) is 0.275. The number of hydrogen-bond acceptors (Lipinski definition) is 9. The number of aliphatic carboxylic acids is 2. The van der Waals surface area contributed by atoms with E-state index < -0.39 is 41.4 Å². The third-order valence-electron chi connectivity index (χ3n) is 7.29. The Bertz CT molecular complexity index is 1330. The van der Waals surface area contributed by atoms with Gasteiger partial charge in [-0.2, -0.15) is 0 Å². The minimum Gasteiger partial charge on any atom is -0.492 e. The van der Waals surface area contributed by atoms with Crippen molar-refractivity contribution in [3.63, 3.8) is 0 Å². The lowest BCUT2D eigenvalue weighted by atomic mass is 9.94. The van der Waals surface area contributed by atoms with Crippen LogP contribution in [0.25, 0.3) is 10.9 Å². The van der Waals surface area contributed by atoms with E-state index >= 15 is 4.39 Å². The van der Waals surface area contributed by atoms with Crippen molar-refractivity contribution in [3.8, 4) is 5.75 Å². The standard InChI is InChI=1S/C21H24FN3O4.C4H6O6/c1-29-20-17-13(19(26)14(21(27)28)9-25(17)12-4-5-12)7-15(22)18(20)24-8-11-3-2-6-23-16(11)10-24;5-1(3(7)8)2(6)4(9)10/h7,9,11-12,16,23H,2-6,8,10H2,1H3,(H,27,28);1-2,5-6H,(H,7,8)(H,9,10)/t11-,16+;/m0./s1. The van der Waals surface area contributed by atoms with Gasteiger partial charge in [0.1, 0.15) is 11.3 Å². The first kappa shape index (κ1) is 28.3. The van der Waals surface area contributed by atoms with Gasteiger partial charge in [-0.15, -0.1) is 0 Å². The molecule has 4 atom stereocenters. The molecule has 13 nitrogen and oxygen atoms in total. The number of carboxylic acid groups (broad SMARTS) is 3. The number of aliphatic hydroxyl groups excluding tert-OH is 2. The Balaban J connectivity index is 0.000000303. The first-order valence-corrected chi connectivity index (χ1v) is 12.4. The number of rotatable bonds is 7. The van der Waals surface area contributed by atoms with Gasteiger partial charge in [0.15, 0.2) is 23.8 Å². The molecule has 5 rings (SSSR count). The van der Waals surface area contributed by atoms with Crippen LogP contribution in [0.3, 0.4) is 0 Å². The first-order chi connectivity index (χ1) is 18.5. The molecule has 0 bridgehead atoms. The van der Waals surface area contributed by atoms with Crippen LogP contribution in [-0.2, 0) is 9.59 Å². The number of nitrogens with one attached hydrogen (secondary N) is 1. The van der Waals surface area contributed by atoms with Crippen LogP contribution in [0.2, 0.25) is 0 Å². The molecule has 39 heavy (non-hydrogen) atoms. The van der Waals surface area contributed by atoms with E-state index in [2.05, 4.69) is 5.32 Å². The average Bonchev–Trinajstić information content (AvgIpc) is 3.65. The molecule has 3 aliphatic rings. The average molecular weight is 552 g/mol. The minimum atomic E-state index is -2.27. The second kappa shape index (κ2) is 11.2. The van der Waals surface area contributed by atoms with E-state index in [1.807, 2.05) is 4.90 Å². The maximum Gasteiger partial charge on any atom is 0.341 e. The van der Waals surface area contributed by atoms with E-state index in [1.54, 1.807) is 4.57 Å². The third kappa shape index (κ3) is 5.53. The predicted molar refractivity (Wildman–Crippen MR) is 134 cm³/mol. The Kier molecular flexibility index (Phi) is 8.09. The smallest absolute Gasteiger partial charge is 0.341 e. The molecule has 1 saturated carbocycles. The molecule has 6 N–H and O–H groups in total. The SMILES string of the molecule is COc1c(N2C[C@@H]3CCCN[C@@H]3C2)c(F)cc2c(=O)c(C(=O)O)cn(C3CC3)c12.O=C(O)C(O)C(O)C(=O)O. The third-order valence-corrected chi connectivity index (χ3v) is 7.29. The van der Waals surface area contributed by atoms with Crippen LogP contribution in [0.15, 0.2) is 17.1 Å². The van der Waals surface area contributed by atoms with E-state index in [9.17, 15) is 24.3 Å². The molecule has 0 amide bonds. The number of aliphatic hydroxyl groups is 2. The number of ether oxygens (including phenoxy) is 1. The van der Waals surface area contributed by atoms with Crippen LogP contribution in [0.1, 0.15) is 42.1 Å². The van der Waals surface area contributed by atoms with Crippen molar-refractivity contribution < 1.29 is 49.0 Å². The number of halogens is 1. The topological polar surface area (TPSA) is 199 Å². The lowest BCUT2D eigenvalue weighted by Crippen LogP contribution is -2.40. The Morgan fingerprint density at radius 1 is 1.08 bits per heavy atom. The number of hydrogen-bond donors (Lipinski definition) is 6. The Morgan fingerprint density at radius 3 is 2.23 bits per heavy atom. The van der Waals surface area contributed by atoms with Crippen molar-refractivity contribution in [2.45, 2.75) is 50.0 Å². The fraction of sp³-hybridized carbons (Fsp3) is 0.520. The normalized spacial score (nSPS) is 21.9. The van der Waals surface area contributed by atoms with Gasteiger partial charge in [0.25, 0.3) is 0 Å². The highest BCUT2D eigenvalue weighted by molar-refractivity contribution is 5.97. The largest absolute Gasteiger partial charge is 0.492 e. The Morgan fingerprint density at radius 2 is 1.72 bits per heavy atom. The van der Waals surface area contributed by atoms with Gasteiger partial charge in [-0.25, -0.2) is 18.8 Å². The van der Waals surface area contributed by atoms with Crippen LogP contribution in [0, 0.1) is 11.7 Å². The number of aromatic carboxylic acids is 1. The second-order valence-corrected chi connectivity index (χ2v) is 9.89. The zero-order valence-electron chi connectivity index (χ0n) is 21.0. The van der Waals surface area contributed by atoms with Crippen LogP contribution in [0.4, 0.5) is 10.1 Å². The Hall–Kier alpha value is -3.75. The monoisotopic (exact) mass is 551 g/mol. The van der Waals surface area contributed by atoms with Crippen molar-refractivity contribution in [2.24, 2.45) is 5.92 Å². The molecule has 3 heterocycles. The van der Waals surface area contributed by atoms with Gasteiger partial charge in [0.05, 0.1) is 18.0 Å². The highest BCUT2D eigenvalue weighted by atomic mass is 19.1. The summed E-state index contributed by atoms with van der Waals surface area (Å²) in [4.78, 5) is 45.9. The number of pyridine rings is 1. The van der Waals surface area contributed by atoms with Gasteiger partial charge in [0, 0.05) is 31.4 Å². The molecular formula is C25H30FN3O10. The lowest BCUT2D eigenvalue weighted by Gasteiger charge is -2.25. The molecule has 1 aromatic heterocycles. The zero-order chi connectivity index (χ0) is 28.6. The highest BCUT2D eigenvalue weighted by Crippen LogP contribution is 2.45. The van der Waals surface area contributed by atoms with Gasteiger partial charge in [-0.05, 0) is 44.2 Å². The van der Waals surface area contributed by atoms with Crippen molar-refractivity contribution in [2.75, 3.05) is 31.6 Å². The van der Waals surface area contributed by atoms with Crippen molar-refractivity contribution in [1.29, 1.82) is 0 Å². The fourth-order valence-electron chi connectivity index (χ4n) is 5.22. The fourth-order valence-corrected chi connectivity index (χ4v) is 5.22. The summed E-state index contributed by atoms with van der Waals surface area (Å²) >= 11 is 0.